The molecule has 2 fully saturated rings. The quantitative estimate of drug-likeness (QED) is 0.816. The summed E-state index contributed by atoms with van der Waals surface area (Å²) in [5, 5.41) is 0. The Hall–Kier alpha value is -1.89. The molecule has 0 bridgehead atoms. The van der Waals surface area contributed by atoms with Gasteiger partial charge >= 0.3 is 0 Å². The third kappa shape index (κ3) is 2.85. The predicted molar refractivity (Wildman–Crippen MR) is 80.1 cm³/mol. The fourth-order valence-electron chi connectivity index (χ4n) is 2.98. The minimum atomic E-state index is -3.46. The van der Waals surface area contributed by atoms with Gasteiger partial charge in [-0.05, 0) is 12.0 Å². The summed E-state index contributed by atoms with van der Waals surface area (Å²) in [6.07, 6.45) is 0.570. The van der Waals surface area contributed by atoms with E-state index in [1.807, 2.05) is 30.3 Å². The Balaban J connectivity index is 1.68. The van der Waals surface area contributed by atoms with Gasteiger partial charge in [-0.15, -0.1) is 0 Å². The van der Waals surface area contributed by atoms with Crippen LogP contribution in [0.15, 0.2) is 30.3 Å². The van der Waals surface area contributed by atoms with Crippen molar-refractivity contribution in [2.45, 2.75) is 19.4 Å². The van der Waals surface area contributed by atoms with Crippen LogP contribution in [0, 0.1) is 5.92 Å². The average Bonchev–Trinajstić information content (AvgIpc) is 3.02. The Morgan fingerprint density at radius 2 is 1.95 bits per heavy atom. The Morgan fingerprint density at radius 3 is 2.59 bits per heavy atom. The standard InChI is InChI=1S/C15H18N2O4S/c18-14-9-13(15(19)17-7-4-8-22(17,20)21)11-16(14)10-12-5-2-1-3-6-12/h1-3,5-6,13H,4,7-11H2/t13-/m1/s1. The van der Waals surface area contributed by atoms with Crippen molar-refractivity contribution >= 4 is 21.8 Å². The highest BCUT2D eigenvalue weighted by atomic mass is 32.2. The van der Waals surface area contributed by atoms with Gasteiger partial charge in [0.15, 0.2) is 0 Å². The topological polar surface area (TPSA) is 74.8 Å². The van der Waals surface area contributed by atoms with Crippen molar-refractivity contribution in [1.29, 1.82) is 0 Å². The number of carbonyl (C=O) groups is 2. The zero-order valence-corrected chi connectivity index (χ0v) is 13.0. The van der Waals surface area contributed by atoms with Gasteiger partial charge in [-0.2, -0.15) is 0 Å². The Labute approximate surface area is 129 Å². The van der Waals surface area contributed by atoms with E-state index in [4.69, 9.17) is 0 Å². The summed E-state index contributed by atoms with van der Waals surface area (Å²) < 4.78 is 24.6. The normalized spacial score (nSPS) is 24.0. The molecule has 2 amide bonds. The smallest absolute Gasteiger partial charge is 0.241 e. The molecular formula is C15H18N2O4S. The highest BCUT2D eigenvalue weighted by Crippen LogP contribution is 2.25. The van der Waals surface area contributed by atoms with Gasteiger partial charge in [0.2, 0.25) is 21.8 Å². The highest BCUT2D eigenvalue weighted by molar-refractivity contribution is 7.89. The van der Waals surface area contributed by atoms with Crippen LogP contribution in [-0.2, 0) is 26.2 Å². The van der Waals surface area contributed by atoms with E-state index >= 15 is 0 Å². The molecule has 6 nitrogen and oxygen atoms in total. The lowest BCUT2D eigenvalue weighted by Crippen LogP contribution is -2.38. The summed E-state index contributed by atoms with van der Waals surface area (Å²) in [5.41, 5.74) is 0.998. The van der Waals surface area contributed by atoms with Crippen LogP contribution in [0.2, 0.25) is 0 Å². The van der Waals surface area contributed by atoms with Crippen LogP contribution in [0.5, 0.6) is 0 Å². The summed E-state index contributed by atoms with van der Waals surface area (Å²) in [7, 11) is -3.46. The number of hydrogen-bond acceptors (Lipinski definition) is 4. The molecule has 0 radical (unpaired) electrons. The number of sulfonamides is 1. The molecule has 0 aliphatic carbocycles. The van der Waals surface area contributed by atoms with E-state index in [0.29, 0.717) is 19.5 Å². The SMILES string of the molecule is O=C1C[C@@H](C(=O)N2CCCS2(=O)=O)CN1Cc1ccccc1. The van der Waals surface area contributed by atoms with Crippen molar-refractivity contribution in [1.82, 2.24) is 9.21 Å². The lowest BCUT2D eigenvalue weighted by atomic mass is 10.1. The molecule has 0 N–H and O–H groups in total. The maximum atomic E-state index is 12.4. The lowest BCUT2D eigenvalue weighted by molar-refractivity contribution is -0.131. The summed E-state index contributed by atoms with van der Waals surface area (Å²) in [6, 6.07) is 9.55. The average molecular weight is 322 g/mol. The van der Waals surface area contributed by atoms with Gasteiger partial charge in [0, 0.05) is 26.1 Å². The van der Waals surface area contributed by atoms with Gasteiger partial charge in [0.1, 0.15) is 0 Å². The van der Waals surface area contributed by atoms with Crippen molar-refractivity contribution in [3.8, 4) is 0 Å². The van der Waals surface area contributed by atoms with E-state index < -0.39 is 21.8 Å². The molecule has 3 rings (SSSR count). The zero-order valence-electron chi connectivity index (χ0n) is 12.1. The van der Waals surface area contributed by atoms with E-state index in [2.05, 4.69) is 0 Å². The molecule has 1 atom stereocenters. The third-order valence-electron chi connectivity index (χ3n) is 4.13. The Kier molecular flexibility index (Phi) is 3.90. The third-order valence-corrected chi connectivity index (χ3v) is 5.96. The first-order valence-corrected chi connectivity index (χ1v) is 8.94. The molecule has 2 aliphatic rings. The number of likely N-dealkylation sites (tertiary alicyclic amines) is 1. The molecule has 2 aliphatic heterocycles. The van der Waals surface area contributed by atoms with Gasteiger partial charge in [-0.25, -0.2) is 12.7 Å². The fourth-order valence-corrected chi connectivity index (χ4v) is 4.53. The van der Waals surface area contributed by atoms with Gasteiger partial charge in [0.25, 0.3) is 0 Å². The van der Waals surface area contributed by atoms with E-state index in [-0.39, 0.29) is 24.6 Å². The summed E-state index contributed by atoms with van der Waals surface area (Å²) in [6.45, 7) is 0.985. The van der Waals surface area contributed by atoms with Crippen LogP contribution < -0.4 is 0 Å². The second-order valence-electron chi connectivity index (χ2n) is 5.74. The molecule has 2 heterocycles. The molecule has 0 aromatic heterocycles. The predicted octanol–water partition coefficient (Wildman–Crippen LogP) is 0.597. The number of rotatable bonds is 3. The molecular weight excluding hydrogens is 304 g/mol. The maximum absolute atomic E-state index is 12.4. The first-order chi connectivity index (χ1) is 10.5. The van der Waals surface area contributed by atoms with Crippen molar-refractivity contribution < 1.29 is 18.0 Å². The van der Waals surface area contributed by atoms with Crippen molar-refractivity contribution in [3.05, 3.63) is 35.9 Å². The van der Waals surface area contributed by atoms with Crippen molar-refractivity contribution in [3.63, 3.8) is 0 Å². The molecule has 22 heavy (non-hydrogen) atoms. The highest BCUT2D eigenvalue weighted by Gasteiger charge is 2.41. The number of benzene rings is 1. The molecule has 2 saturated heterocycles. The number of amides is 2. The Morgan fingerprint density at radius 1 is 1.23 bits per heavy atom. The molecule has 7 heteroatoms. The molecule has 1 aromatic rings. The minimum Gasteiger partial charge on any atom is -0.338 e. The van der Waals surface area contributed by atoms with Crippen LogP contribution in [0.25, 0.3) is 0 Å². The molecule has 0 spiro atoms. The molecule has 0 unspecified atom stereocenters. The number of nitrogens with zero attached hydrogens (tertiary/aromatic N) is 2. The molecule has 1 aromatic carbocycles. The van der Waals surface area contributed by atoms with Gasteiger partial charge in [-0.3, -0.25) is 9.59 Å². The zero-order chi connectivity index (χ0) is 15.7. The van der Waals surface area contributed by atoms with Crippen LogP contribution in [0.1, 0.15) is 18.4 Å². The summed E-state index contributed by atoms with van der Waals surface area (Å²) >= 11 is 0. The Bertz CT molecular complexity index is 687. The second-order valence-corrected chi connectivity index (χ2v) is 7.75. The summed E-state index contributed by atoms with van der Waals surface area (Å²) in [5.74, 6) is -1.06. The van der Waals surface area contributed by atoms with E-state index in [1.54, 1.807) is 4.90 Å². The molecule has 0 saturated carbocycles. The molecule has 118 valence electrons. The van der Waals surface area contributed by atoms with Crippen LogP contribution in [0.3, 0.4) is 0 Å². The van der Waals surface area contributed by atoms with Crippen molar-refractivity contribution in [2.24, 2.45) is 5.92 Å². The first kappa shape index (κ1) is 15.0. The summed E-state index contributed by atoms with van der Waals surface area (Å²) in [4.78, 5) is 26.1. The minimum absolute atomic E-state index is 0.0210. The maximum Gasteiger partial charge on any atom is 0.241 e. The number of hydrogen-bond donors (Lipinski definition) is 0. The van der Waals surface area contributed by atoms with Gasteiger partial charge in [0.05, 0.1) is 11.7 Å². The van der Waals surface area contributed by atoms with E-state index in [9.17, 15) is 18.0 Å². The fraction of sp³-hybridized carbons (Fsp3) is 0.467. The van der Waals surface area contributed by atoms with Crippen LogP contribution >= 0.6 is 0 Å². The van der Waals surface area contributed by atoms with Crippen molar-refractivity contribution in [2.75, 3.05) is 18.8 Å². The first-order valence-electron chi connectivity index (χ1n) is 7.33. The van der Waals surface area contributed by atoms with E-state index in [1.165, 1.54) is 0 Å². The van der Waals surface area contributed by atoms with E-state index in [0.717, 1.165) is 9.87 Å². The second kappa shape index (κ2) is 5.72. The van der Waals surface area contributed by atoms with Crippen LogP contribution in [-0.4, -0.2) is 48.3 Å². The largest absolute Gasteiger partial charge is 0.338 e. The van der Waals surface area contributed by atoms with Gasteiger partial charge < -0.3 is 4.90 Å². The monoisotopic (exact) mass is 322 g/mol. The van der Waals surface area contributed by atoms with Crippen LogP contribution in [0.4, 0.5) is 0 Å². The number of carbonyl (C=O) groups excluding carboxylic acids is 2. The van der Waals surface area contributed by atoms with Gasteiger partial charge in [-0.1, -0.05) is 30.3 Å². The lowest BCUT2D eigenvalue weighted by Gasteiger charge is -2.20.